The fourth-order valence-electron chi connectivity index (χ4n) is 1.79. The summed E-state index contributed by atoms with van der Waals surface area (Å²) in [5, 5.41) is 12.3. The summed E-state index contributed by atoms with van der Waals surface area (Å²) in [5.41, 5.74) is 0.312. The van der Waals surface area contributed by atoms with Crippen LogP contribution in [0.15, 0.2) is 16.5 Å². The molecule has 0 spiro atoms. The van der Waals surface area contributed by atoms with Gasteiger partial charge < -0.3 is 14.8 Å². The molecular formula is C11H17NO2. The van der Waals surface area contributed by atoms with Crippen LogP contribution in [0, 0.1) is 0 Å². The Labute approximate surface area is 84.1 Å². The predicted molar refractivity (Wildman–Crippen MR) is 53.7 cm³/mol. The van der Waals surface area contributed by atoms with Crippen LogP contribution in [0.2, 0.25) is 0 Å². The highest BCUT2D eigenvalue weighted by Gasteiger charge is 2.30. The van der Waals surface area contributed by atoms with Gasteiger partial charge in [0.25, 0.3) is 0 Å². The number of furan rings is 1. The van der Waals surface area contributed by atoms with Gasteiger partial charge in [-0.3, -0.25) is 0 Å². The highest BCUT2D eigenvalue weighted by atomic mass is 16.4. The minimum atomic E-state index is -0.0166. The molecule has 1 saturated carbocycles. The molecule has 1 aliphatic carbocycles. The molecule has 0 amide bonds. The molecule has 0 radical (unpaired) electrons. The lowest BCUT2D eigenvalue weighted by molar-refractivity contribution is 0.197. The predicted octanol–water partition coefficient (Wildman–Crippen LogP) is 1.80. The van der Waals surface area contributed by atoms with E-state index in [1.807, 2.05) is 12.1 Å². The number of hydrogen-bond donors (Lipinski definition) is 2. The van der Waals surface area contributed by atoms with Crippen molar-refractivity contribution in [1.29, 1.82) is 0 Å². The minimum Gasteiger partial charge on any atom is -0.462 e. The molecular weight excluding hydrogens is 178 g/mol. The summed E-state index contributed by atoms with van der Waals surface area (Å²) in [7, 11) is 0. The van der Waals surface area contributed by atoms with E-state index in [4.69, 9.17) is 9.52 Å². The average molecular weight is 195 g/mol. The fraction of sp³-hybridized carbons (Fsp3) is 0.636. The molecule has 0 aliphatic heterocycles. The first kappa shape index (κ1) is 9.74. The zero-order valence-corrected chi connectivity index (χ0v) is 8.55. The molecule has 1 heterocycles. The first-order valence-corrected chi connectivity index (χ1v) is 5.15. The van der Waals surface area contributed by atoms with E-state index in [1.165, 1.54) is 19.3 Å². The van der Waals surface area contributed by atoms with Gasteiger partial charge in [-0.05, 0) is 38.3 Å². The van der Waals surface area contributed by atoms with Crippen molar-refractivity contribution in [2.45, 2.75) is 44.9 Å². The second-order valence-electron chi connectivity index (χ2n) is 4.29. The fourth-order valence-corrected chi connectivity index (χ4v) is 1.79. The van der Waals surface area contributed by atoms with Crippen LogP contribution in [0.5, 0.6) is 0 Å². The maximum Gasteiger partial charge on any atom is 0.129 e. The molecule has 0 bridgehead atoms. The summed E-state index contributed by atoms with van der Waals surface area (Å²) in [6, 6.07) is 3.74. The summed E-state index contributed by atoms with van der Waals surface area (Å²) >= 11 is 0. The van der Waals surface area contributed by atoms with Crippen molar-refractivity contribution in [2.75, 3.05) is 0 Å². The monoisotopic (exact) mass is 195 g/mol. The lowest BCUT2D eigenvalue weighted by Gasteiger charge is -2.39. The summed E-state index contributed by atoms with van der Waals surface area (Å²) in [4.78, 5) is 0. The Morgan fingerprint density at radius 3 is 2.64 bits per heavy atom. The van der Waals surface area contributed by atoms with E-state index >= 15 is 0 Å². The number of rotatable bonds is 4. The molecule has 78 valence electrons. The third-order valence-corrected chi connectivity index (χ3v) is 3.02. The maximum absolute atomic E-state index is 8.82. The van der Waals surface area contributed by atoms with Gasteiger partial charge in [0, 0.05) is 5.54 Å². The molecule has 0 saturated heterocycles. The summed E-state index contributed by atoms with van der Waals surface area (Å²) in [5.74, 6) is 1.54. The molecule has 1 aromatic rings. The standard InChI is InChI=1S/C11H17NO2/c1-11(5-2-6-11)12-7-9-3-4-10(8-13)14-9/h3-4,12-13H,2,5-8H2,1H3. The Kier molecular flexibility index (Phi) is 2.61. The van der Waals surface area contributed by atoms with Gasteiger partial charge >= 0.3 is 0 Å². The number of hydrogen-bond acceptors (Lipinski definition) is 3. The maximum atomic E-state index is 8.82. The zero-order chi connectivity index (χ0) is 10.0. The zero-order valence-electron chi connectivity index (χ0n) is 8.55. The van der Waals surface area contributed by atoms with Gasteiger partial charge in [0.2, 0.25) is 0 Å². The van der Waals surface area contributed by atoms with E-state index in [-0.39, 0.29) is 6.61 Å². The lowest BCUT2D eigenvalue weighted by atomic mass is 9.78. The molecule has 14 heavy (non-hydrogen) atoms. The smallest absolute Gasteiger partial charge is 0.129 e. The Balaban J connectivity index is 1.85. The molecule has 1 fully saturated rings. The molecule has 0 atom stereocenters. The summed E-state index contributed by atoms with van der Waals surface area (Å²) in [6.07, 6.45) is 3.82. The van der Waals surface area contributed by atoms with Crippen LogP contribution in [0.4, 0.5) is 0 Å². The van der Waals surface area contributed by atoms with E-state index in [9.17, 15) is 0 Å². The van der Waals surface area contributed by atoms with Crippen LogP contribution in [-0.4, -0.2) is 10.6 Å². The molecule has 1 aromatic heterocycles. The third-order valence-electron chi connectivity index (χ3n) is 3.02. The van der Waals surface area contributed by atoms with Crippen molar-refractivity contribution in [3.63, 3.8) is 0 Å². The Morgan fingerprint density at radius 2 is 2.14 bits per heavy atom. The van der Waals surface area contributed by atoms with Gasteiger partial charge in [0.1, 0.15) is 18.1 Å². The molecule has 1 aliphatic rings. The van der Waals surface area contributed by atoms with Crippen molar-refractivity contribution < 1.29 is 9.52 Å². The summed E-state index contributed by atoms with van der Waals surface area (Å²) < 4.78 is 5.38. The number of nitrogens with one attached hydrogen (secondary N) is 1. The first-order valence-electron chi connectivity index (χ1n) is 5.15. The third kappa shape index (κ3) is 1.99. The second-order valence-corrected chi connectivity index (χ2v) is 4.29. The van der Waals surface area contributed by atoms with Gasteiger partial charge in [0.15, 0.2) is 0 Å². The van der Waals surface area contributed by atoms with Crippen molar-refractivity contribution in [2.24, 2.45) is 0 Å². The molecule has 3 nitrogen and oxygen atoms in total. The van der Waals surface area contributed by atoms with Crippen LogP contribution >= 0.6 is 0 Å². The minimum absolute atomic E-state index is 0.0166. The number of aliphatic hydroxyl groups is 1. The highest BCUT2D eigenvalue weighted by Crippen LogP contribution is 2.31. The van der Waals surface area contributed by atoms with Crippen molar-refractivity contribution in [3.8, 4) is 0 Å². The average Bonchev–Trinajstić information content (AvgIpc) is 2.59. The van der Waals surface area contributed by atoms with Gasteiger partial charge in [-0.1, -0.05) is 0 Å². The van der Waals surface area contributed by atoms with Gasteiger partial charge in [-0.25, -0.2) is 0 Å². The molecule has 2 N–H and O–H groups in total. The summed E-state index contributed by atoms with van der Waals surface area (Å²) in [6.45, 7) is 2.99. The SMILES string of the molecule is CC1(NCc2ccc(CO)o2)CCC1. The topological polar surface area (TPSA) is 45.4 Å². The van der Waals surface area contributed by atoms with E-state index < -0.39 is 0 Å². The van der Waals surface area contributed by atoms with Gasteiger partial charge in [0.05, 0.1) is 6.54 Å². The first-order chi connectivity index (χ1) is 6.72. The largest absolute Gasteiger partial charge is 0.462 e. The molecule has 2 rings (SSSR count). The normalized spacial score (nSPS) is 19.3. The highest BCUT2D eigenvalue weighted by molar-refractivity contribution is 5.07. The van der Waals surface area contributed by atoms with Crippen LogP contribution < -0.4 is 5.32 Å². The Hall–Kier alpha value is -0.800. The molecule has 3 heteroatoms. The van der Waals surface area contributed by atoms with Crippen LogP contribution in [-0.2, 0) is 13.2 Å². The van der Waals surface area contributed by atoms with Crippen LogP contribution in [0.3, 0.4) is 0 Å². The van der Waals surface area contributed by atoms with Gasteiger partial charge in [-0.15, -0.1) is 0 Å². The van der Waals surface area contributed by atoms with Crippen LogP contribution in [0.1, 0.15) is 37.7 Å². The Bertz CT molecular complexity index is 302. The quantitative estimate of drug-likeness (QED) is 0.770. The van der Waals surface area contributed by atoms with E-state index in [2.05, 4.69) is 12.2 Å². The van der Waals surface area contributed by atoms with Crippen LogP contribution in [0.25, 0.3) is 0 Å². The van der Waals surface area contributed by atoms with Crippen molar-refractivity contribution in [1.82, 2.24) is 5.32 Å². The van der Waals surface area contributed by atoms with Crippen molar-refractivity contribution in [3.05, 3.63) is 23.7 Å². The molecule has 0 unspecified atom stereocenters. The lowest BCUT2D eigenvalue weighted by Crippen LogP contribution is -2.47. The number of aliphatic hydroxyl groups excluding tert-OH is 1. The van der Waals surface area contributed by atoms with Gasteiger partial charge in [-0.2, -0.15) is 0 Å². The molecule has 0 aromatic carbocycles. The van der Waals surface area contributed by atoms with E-state index in [0.29, 0.717) is 11.3 Å². The second kappa shape index (κ2) is 3.75. The van der Waals surface area contributed by atoms with E-state index in [0.717, 1.165) is 12.3 Å². The Morgan fingerprint density at radius 1 is 1.43 bits per heavy atom. The van der Waals surface area contributed by atoms with Crippen molar-refractivity contribution >= 4 is 0 Å². The van der Waals surface area contributed by atoms with E-state index in [1.54, 1.807) is 0 Å².